The standard InChI is InChI=1S/C29H36N4O3/c1-3-4-18-33-26(34)16-15-22(27(33)21-11-5-8-14-25(21)36-2)29(35)32-17-9-10-20(19-32)28-30-23-12-6-7-13-24(23)31-28/h5-8,11-14,20,22,27H,3-4,9-10,15-19H2,1-2H3,(H,30,31). The van der Waals surface area contributed by atoms with E-state index in [-0.39, 0.29) is 29.7 Å². The molecule has 0 aliphatic carbocycles. The lowest BCUT2D eigenvalue weighted by atomic mass is 9.82. The maximum atomic E-state index is 14.1. The SMILES string of the molecule is CCCCN1C(=O)CCC(C(=O)N2CCCC(c3nc4ccccc4[nH]3)C2)C1c1ccccc1OC. The number of nitrogens with one attached hydrogen (secondary N) is 1. The number of piperidine rings is 2. The number of imidazole rings is 1. The quantitative estimate of drug-likeness (QED) is 0.504. The van der Waals surface area contributed by atoms with Crippen molar-refractivity contribution in [3.63, 3.8) is 0 Å². The van der Waals surface area contributed by atoms with Gasteiger partial charge in [0, 0.05) is 37.5 Å². The molecule has 2 aliphatic heterocycles. The van der Waals surface area contributed by atoms with Crippen molar-refractivity contribution in [1.29, 1.82) is 0 Å². The molecule has 0 saturated carbocycles. The molecule has 2 aliphatic rings. The fourth-order valence-electron chi connectivity index (χ4n) is 5.90. The molecule has 1 aromatic heterocycles. The summed E-state index contributed by atoms with van der Waals surface area (Å²) in [6, 6.07) is 15.6. The summed E-state index contributed by atoms with van der Waals surface area (Å²) >= 11 is 0. The van der Waals surface area contributed by atoms with E-state index in [1.165, 1.54) is 0 Å². The Balaban J connectivity index is 1.43. The molecule has 2 fully saturated rings. The van der Waals surface area contributed by atoms with Gasteiger partial charge >= 0.3 is 0 Å². The van der Waals surface area contributed by atoms with Crippen LogP contribution in [0.5, 0.6) is 5.75 Å². The number of hydrogen-bond acceptors (Lipinski definition) is 4. The van der Waals surface area contributed by atoms with Gasteiger partial charge in [-0.05, 0) is 43.9 Å². The van der Waals surface area contributed by atoms with Crippen molar-refractivity contribution in [3.05, 3.63) is 59.9 Å². The normalized spacial score (nSPS) is 22.7. The smallest absolute Gasteiger partial charge is 0.228 e. The molecule has 5 rings (SSSR count). The third-order valence-electron chi connectivity index (χ3n) is 7.76. The number of carbonyl (C=O) groups is 2. The minimum absolute atomic E-state index is 0.127. The molecule has 0 spiro atoms. The van der Waals surface area contributed by atoms with Gasteiger partial charge in [0.2, 0.25) is 11.8 Å². The van der Waals surface area contributed by atoms with Gasteiger partial charge in [-0.15, -0.1) is 0 Å². The Kier molecular flexibility index (Phi) is 7.25. The molecule has 3 aromatic rings. The summed E-state index contributed by atoms with van der Waals surface area (Å²) in [6.07, 6.45) is 4.83. The number of carbonyl (C=O) groups excluding carboxylic acids is 2. The van der Waals surface area contributed by atoms with Crippen molar-refractivity contribution in [2.75, 3.05) is 26.7 Å². The second kappa shape index (κ2) is 10.7. The van der Waals surface area contributed by atoms with Crippen LogP contribution in [0, 0.1) is 5.92 Å². The Hall–Kier alpha value is -3.35. The number of ether oxygens (including phenoxy) is 1. The molecule has 3 unspecified atom stereocenters. The average molecular weight is 489 g/mol. The fraction of sp³-hybridized carbons (Fsp3) is 0.483. The second-order valence-corrected chi connectivity index (χ2v) is 10.0. The first kappa shape index (κ1) is 24.3. The molecule has 190 valence electrons. The first-order valence-corrected chi connectivity index (χ1v) is 13.3. The second-order valence-electron chi connectivity index (χ2n) is 10.0. The molecule has 2 amide bonds. The highest BCUT2D eigenvalue weighted by Crippen LogP contribution is 2.42. The Morgan fingerprint density at radius 1 is 1.14 bits per heavy atom. The van der Waals surface area contributed by atoms with E-state index in [1.807, 2.05) is 58.3 Å². The predicted octanol–water partition coefficient (Wildman–Crippen LogP) is 5.06. The molecule has 7 heteroatoms. The zero-order valence-electron chi connectivity index (χ0n) is 21.3. The van der Waals surface area contributed by atoms with Gasteiger partial charge in [-0.3, -0.25) is 9.59 Å². The maximum absolute atomic E-state index is 14.1. The van der Waals surface area contributed by atoms with Gasteiger partial charge in [-0.1, -0.05) is 43.7 Å². The number of rotatable bonds is 7. The molecule has 3 atom stereocenters. The Morgan fingerprint density at radius 2 is 1.94 bits per heavy atom. The van der Waals surface area contributed by atoms with Crippen LogP contribution in [0.4, 0.5) is 0 Å². The van der Waals surface area contributed by atoms with Crippen molar-refractivity contribution < 1.29 is 14.3 Å². The molecule has 0 bridgehead atoms. The summed E-state index contributed by atoms with van der Waals surface area (Å²) in [6.45, 7) is 4.18. The number of hydrogen-bond donors (Lipinski definition) is 1. The average Bonchev–Trinajstić information content (AvgIpc) is 3.36. The Morgan fingerprint density at radius 3 is 2.75 bits per heavy atom. The zero-order valence-corrected chi connectivity index (χ0v) is 21.3. The lowest BCUT2D eigenvalue weighted by Gasteiger charge is -2.44. The summed E-state index contributed by atoms with van der Waals surface area (Å²) in [5, 5.41) is 0. The van der Waals surface area contributed by atoms with Crippen LogP contribution in [-0.2, 0) is 9.59 Å². The van der Waals surface area contributed by atoms with E-state index in [0.717, 1.165) is 60.4 Å². The van der Waals surface area contributed by atoms with Crippen LogP contribution in [0.3, 0.4) is 0 Å². The highest BCUT2D eigenvalue weighted by molar-refractivity contribution is 5.85. The molecular formula is C29H36N4O3. The number of H-pyrrole nitrogens is 1. The first-order valence-electron chi connectivity index (χ1n) is 13.3. The zero-order chi connectivity index (χ0) is 25.1. The monoisotopic (exact) mass is 488 g/mol. The first-order chi connectivity index (χ1) is 17.6. The van der Waals surface area contributed by atoms with E-state index in [9.17, 15) is 9.59 Å². The van der Waals surface area contributed by atoms with Crippen LogP contribution >= 0.6 is 0 Å². The highest BCUT2D eigenvalue weighted by Gasteiger charge is 2.43. The number of nitrogens with zero attached hydrogens (tertiary/aromatic N) is 3. The van der Waals surface area contributed by atoms with Gasteiger partial charge in [0.05, 0.1) is 30.1 Å². The molecule has 1 N–H and O–H groups in total. The fourth-order valence-corrected chi connectivity index (χ4v) is 5.90. The topological polar surface area (TPSA) is 78.5 Å². The molecular weight excluding hydrogens is 452 g/mol. The Bertz CT molecular complexity index is 1190. The van der Waals surface area contributed by atoms with E-state index in [1.54, 1.807) is 7.11 Å². The van der Waals surface area contributed by atoms with Crippen LogP contribution in [-0.4, -0.2) is 58.3 Å². The number of benzene rings is 2. The number of methoxy groups -OCH3 is 1. The number of aromatic nitrogens is 2. The number of fused-ring (bicyclic) bond motifs is 1. The van der Waals surface area contributed by atoms with E-state index in [0.29, 0.717) is 25.9 Å². The summed E-state index contributed by atoms with van der Waals surface area (Å²) in [4.78, 5) is 39.5. The van der Waals surface area contributed by atoms with E-state index < -0.39 is 0 Å². The number of amides is 2. The molecule has 2 saturated heterocycles. The van der Waals surface area contributed by atoms with Gasteiger partial charge in [-0.2, -0.15) is 0 Å². The van der Waals surface area contributed by atoms with Gasteiger partial charge < -0.3 is 19.5 Å². The summed E-state index contributed by atoms with van der Waals surface area (Å²) in [5.74, 6) is 1.85. The number of para-hydroxylation sites is 3. The van der Waals surface area contributed by atoms with Crippen LogP contribution < -0.4 is 4.74 Å². The molecule has 0 radical (unpaired) electrons. The summed E-state index contributed by atoms with van der Waals surface area (Å²) in [7, 11) is 1.65. The highest BCUT2D eigenvalue weighted by atomic mass is 16.5. The minimum atomic E-state index is -0.312. The van der Waals surface area contributed by atoms with Crippen molar-refractivity contribution >= 4 is 22.8 Å². The van der Waals surface area contributed by atoms with Crippen molar-refractivity contribution in [1.82, 2.24) is 19.8 Å². The minimum Gasteiger partial charge on any atom is -0.496 e. The van der Waals surface area contributed by atoms with E-state index in [4.69, 9.17) is 9.72 Å². The van der Waals surface area contributed by atoms with Gasteiger partial charge in [-0.25, -0.2) is 4.98 Å². The molecule has 2 aromatic carbocycles. The van der Waals surface area contributed by atoms with Crippen molar-refractivity contribution in [2.45, 2.75) is 57.4 Å². The van der Waals surface area contributed by atoms with Crippen LogP contribution in [0.15, 0.2) is 48.5 Å². The molecule has 7 nitrogen and oxygen atoms in total. The number of aromatic amines is 1. The van der Waals surface area contributed by atoms with E-state index >= 15 is 0 Å². The maximum Gasteiger partial charge on any atom is 0.228 e. The molecule has 3 heterocycles. The van der Waals surface area contributed by atoms with Crippen molar-refractivity contribution in [2.24, 2.45) is 5.92 Å². The van der Waals surface area contributed by atoms with Gasteiger partial charge in [0.25, 0.3) is 0 Å². The van der Waals surface area contributed by atoms with Gasteiger partial charge in [0.1, 0.15) is 11.6 Å². The molecule has 36 heavy (non-hydrogen) atoms. The number of unbranched alkanes of at least 4 members (excludes halogenated alkanes) is 1. The predicted molar refractivity (Wildman–Crippen MR) is 140 cm³/mol. The Labute approximate surface area is 212 Å². The van der Waals surface area contributed by atoms with Crippen LogP contribution in [0.2, 0.25) is 0 Å². The lowest BCUT2D eigenvalue weighted by Crippen LogP contribution is -2.51. The van der Waals surface area contributed by atoms with Gasteiger partial charge in [0.15, 0.2) is 0 Å². The summed E-state index contributed by atoms with van der Waals surface area (Å²) < 4.78 is 5.69. The largest absolute Gasteiger partial charge is 0.496 e. The number of likely N-dealkylation sites (tertiary alicyclic amines) is 2. The third-order valence-corrected chi connectivity index (χ3v) is 7.76. The van der Waals surface area contributed by atoms with Crippen molar-refractivity contribution in [3.8, 4) is 5.75 Å². The van der Waals surface area contributed by atoms with Crippen LogP contribution in [0.1, 0.15) is 68.8 Å². The van der Waals surface area contributed by atoms with Crippen LogP contribution in [0.25, 0.3) is 11.0 Å². The van der Waals surface area contributed by atoms with E-state index in [2.05, 4.69) is 11.9 Å². The summed E-state index contributed by atoms with van der Waals surface area (Å²) in [5.41, 5.74) is 2.92. The lowest BCUT2D eigenvalue weighted by molar-refractivity contribution is -0.149. The third kappa shape index (κ3) is 4.71.